The second-order valence-corrected chi connectivity index (χ2v) is 3.79. The first-order valence-corrected chi connectivity index (χ1v) is 5.59. The van der Waals surface area contributed by atoms with Gasteiger partial charge in [0.05, 0.1) is 17.9 Å². The number of anilines is 1. The molecule has 0 aliphatic heterocycles. The van der Waals surface area contributed by atoms with E-state index in [1.165, 1.54) is 24.2 Å². The molecule has 0 aromatic heterocycles. The first kappa shape index (κ1) is 15.1. The van der Waals surface area contributed by atoms with Crippen LogP contribution in [0.1, 0.15) is 10.4 Å². The highest BCUT2D eigenvalue weighted by Gasteiger charge is 2.20. The Morgan fingerprint density at radius 2 is 2.16 bits per heavy atom. The molecule has 104 valence electrons. The number of carboxylic acids is 1. The predicted molar refractivity (Wildman–Crippen MR) is 67.6 cm³/mol. The van der Waals surface area contributed by atoms with Crippen LogP contribution >= 0.6 is 0 Å². The van der Waals surface area contributed by atoms with Crippen LogP contribution in [0.25, 0.3) is 0 Å². The van der Waals surface area contributed by atoms with Gasteiger partial charge >= 0.3 is 5.97 Å². The zero-order chi connectivity index (χ0) is 14.4. The average Bonchev–Trinajstić information content (AvgIpc) is 2.37. The minimum absolute atomic E-state index is 0.0144. The molecule has 0 saturated carbocycles. The summed E-state index contributed by atoms with van der Waals surface area (Å²) in [5, 5.41) is 8.71. The third-order valence-electron chi connectivity index (χ3n) is 2.55. The molecule has 0 aliphatic rings. The van der Waals surface area contributed by atoms with Crippen molar-refractivity contribution in [2.24, 2.45) is 0 Å². The first-order chi connectivity index (χ1) is 9.02. The van der Waals surface area contributed by atoms with E-state index in [0.717, 1.165) is 6.07 Å². The SMILES string of the molecule is C=CCN(CCOC)c1ccc(C(=O)O)c(F)c1F. The van der Waals surface area contributed by atoms with Crippen LogP contribution < -0.4 is 4.90 Å². The zero-order valence-electron chi connectivity index (χ0n) is 10.5. The maximum absolute atomic E-state index is 13.9. The Morgan fingerprint density at radius 3 is 2.68 bits per heavy atom. The number of ether oxygens (including phenoxy) is 1. The van der Waals surface area contributed by atoms with Crippen LogP contribution in [0.2, 0.25) is 0 Å². The van der Waals surface area contributed by atoms with E-state index in [9.17, 15) is 13.6 Å². The summed E-state index contributed by atoms with van der Waals surface area (Å²) in [6.07, 6.45) is 1.54. The molecule has 0 radical (unpaired) electrons. The van der Waals surface area contributed by atoms with Gasteiger partial charge in [0.15, 0.2) is 11.6 Å². The predicted octanol–water partition coefficient (Wildman–Crippen LogP) is 2.30. The number of halogens is 2. The molecule has 0 heterocycles. The van der Waals surface area contributed by atoms with Gasteiger partial charge < -0.3 is 14.7 Å². The van der Waals surface area contributed by atoms with E-state index < -0.39 is 23.2 Å². The lowest BCUT2D eigenvalue weighted by molar-refractivity contribution is 0.0690. The summed E-state index contributed by atoms with van der Waals surface area (Å²) >= 11 is 0. The summed E-state index contributed by atoms with van der Waals surface area (Å²) in [5.74, 6) is -4.05. The van der Waals surface area contributed by atoms with Crippen LogP contribution in [-0.4, -0.2) is 37.9 Å². The van der Waals surface area contributed by atoms with E-state index in [4.69, 9.17) is 9.84 Å². The van der Waals surface area contributed by atoms with E-state index >= 15 is 0 Å². The Morgan fingerprint density at radius 1 is 1.47 bits per heavy atom. The second kappa shape index (κ2) is 6.84. The minimum atomic E-state index is -1.50. The largest absolute Gasteiger partial charge is 0.478 e. The van der Waals surface area contributed by atoms with E-state index in [0.29, 0.717) is 19.7 Å². The summed E-state index contributed by atoms with van der Waals surface area (Å²) in [6, 6.07) is 2.28. The first-order valence-electron chi connectivity index (χ1n) is 5.59. The van der Waals surface area contributed by atoms with E-state index in [1.807, 2.05) is 0 Å². The van der Waals surface area contributed by atoms with Crippen molar-refractivity contribution >= 4 is 11.7 Å². The molecule has 1 aromatic carbocycles. The number of methoxy groups -OCH3 is 1. The molecular formula is C13H15F2NO3. The lowest BCUT2D eigenvalue weighted by Gasteiger charge is -2.23. The lowest BCUT2D eigenvalue weighted by Crippen LogP contribution is -2.28. The van der Waals surface area contributed by atoms with E-state index in [1.54, 1.807) is 0 Å². The smallest absolute Gasteiger partial charge is 0.338 e. The van der Waals surface area contributed by atoms with Crippen LogP contribution in [0.15, 0.2) is 24.8 Å². The molecule has 0 atom stereocenters. The van der Waals surface area contributed by atoms with Crippen molar-refractivity contribution in [1.29, 1.82) is 0 Å². The van der Waals surface area contributed by atoms with Crippen molar-refractivity contribution in [3.8, 4) is 0 Å². The molecule has 4 nitrogen and oxygen atoms in total. The molecule has 0 spiro atoms. The fourth-order valence-electron chi connectivity index (χ4n) is 1.62. The van der Waals surface area contributed by atoms with Gasteiger partial charge in [0.1, 0.15) is 0 Å². The van der Waals surface area contributed by atoms with Crippen LogP contribution in [0.4, 0.5) is 14.5 Å². The number of carbonyl (C=O) groups is 1. The topological polar surface area (TPSA) is 49.8 Å². The summed E-state index contributed by atoms with van der Waals surface area (Å²) in [5.41, 5.74) is -0.703. The Kier molecular flexibility index (Phi) is 5.44. The van der Waals surface area contributed by atoms with Gasteiger partial charge in [-0.3, -0.25) is 0 Å². The maximum atomic E-state index is 13.9. The highest BCUT2D eigenvalue weighted by molar-refractivity contribution is 5.88. The Labute approximate surface area is 109 Å². The number of nitrogens with zero attached hydrogens (tertiary/aromatic N) is 1. The second-order valence-electron chi connectivity index (χ2n) is 3.79. The van der Waals surface area contributed by atoms with Crippen LogP contribution in [-0.2, 0) is 4.74 Å². The molecule has 0 aliphatic carbocycles. The quantitative estimate of drug-likeness (QED) is 0.773. The fourth-order valence-corrected chi connectivity index (χ4v) is 1.62. The van der Waals surface area contributed by atoms with Gasteiger partial charge in [0.2, 0.25) is 0 Å². The number of carboxylic acid groups (broad SMARTS) is 1. The molecule has 0 saturated heterocycles. The highest BCUT2D eigenvalue weighted by atomic mass is 19.2. The zero-order valence-corrected chi connectivity index (χ0v) is 10.5. The number of benzene rings is 1. The number of hydrogen-bond donors (Lipinski definition) is 1. The Balaban J connectivity index is 3.13. The number of rotatable bonds is 7. The summed E-state index contributed by atoms with van der Waals surface area (Å²) in [6.45, 7) is 4.50. The summed E-state index contributed by atoms with van der Waals surface area (Å²) in [4.78, 5) is 12.2. The van der Waals surface area contributed by atoms with Gasteiger partial charge in [-0.25, -0.2) is 13.6 Å². The molecule has 0 fully saturated rings. The van der Waals surface area contributed by atoms with Crippen molar-refractivity contribution in [3.05, 3.63) is 42.0 Å². The van der Waals surface area contributed by atoms with Gasteiger partial charge in [0, 0.05) is 20.2 Å². The van der Waals surface area contributed by atoms with Crippen molar-refractivity contribution in [2.45, 2.75) is 0 Å². The molecule has 19 heavy (non-hydrogen) atoms. The number of aromatic carboxylic acids is 1. The standard InChI is InChI=1S/C13H15F2NO3/c1-3-6-16(7-8-19-2)10-5-4-9(13(17)18)11(14)12(10)15/h3-5H,1,6-8H2,2H3,(H,17,18). The van der Waals surface area contributed by atoms with Gasteiger partial charge in [-0.15, -0.1) is 6.58 Å². The van der Waals surface area contributed by atoms with Gasteiger partial charge in [-0.05, 0) is 12.1 Å². The van der Waals surface area contributed by atoms with E-state index in [-0.39, 0.29) is 5.69 Å². The average molecular weight is 271 g/mol. The lowest BCUT2D eigenvalue weighted by atomic mass is 10.1. The maximum Gasteiger partial charge on any atom is 0.338 e. The van der Waals surface area contributed by atoms with Crippen molar-refractivity contribution < 1.29 is 23.4 Å². The third-order valence-corrected chi connectivity index (χ3v) is 2.55. The Bertz CT molecular complexity index is 477. The molecule has 6 heteroatoms. The monoisotopic (exact) mass is 271 g/mol. The minimum Gasteiger partial charge on any atom is -0.478 e. The van der Waals surface area contributed by atoms with Crippen molar-refractivity contribution in [1.82, 2.24) is 0 Å². The van der Waals surface area contributed by atoms with Crippen LogP contribution in [0.3, 0.4) is 0 Å². The van der Waals surface area contributed by atoms with Crippen LogP contribution in [0, 0.1) is 11.6 Å². The normalized spacial score (nSPS) is 10.3. The van der Waals surface area contributed by atoms with Crippen LogP contribution in [0.5, 0.6) is 0 Å². The molecule has 1 aromatic rings. The fraction of sp³-hybridized carbons (Fsp3) is 0.308. The van der Waals surface area contributed by atoms with Gasteiger partial charge in [-0.1, -0.05) is 6.08 Å². The van der Waals surface area contributed by atoms with Crippen molar-refractivity contribution in [2.75, 3.05) is 31.7 Å². The molecular weight excluding hydrogens is 256 g/mol. The third kappa shape index (κ3) is 3.51. The number of hydrogen-bond acceptors (Lipinski definition) is 3. The Hall–Kier alpha value is -1.95. The van der Waals surface area contributed by atoms with Gasteiger partial charge in [-0.2, -0.15) is 0 Å². The molecule has 0 bridgehead atoms. The molecule has 1 N–H and O–H groups in total. The molecule has 0 amide bonds. The highest BCUT2D eigenvalue weighted by Crippen LogP contribution is 2.24. The van der Waals surface area contributed by atoms with Gasteiger partial charge in [0.25, 0.3) is 0 Å². The summed E-state index contributed by atoms with van der Waals surface area (Å²) < 4.78 is 32.4. The molecule has 0 unspecified atom stereocenters. The van der Waals surface area contributed by atoms with Crippen molar-refractivity contribution in [3.63, 3.8) is 0 Å². The molecule has 1 rings (SSSR count). The summed E-state index contributed by atoms with van der Waals surface area (Å²) in [7, 11) is 1.50. The van der Waals surface area contributed by atoms with E-state index in [2.05, 4.69) is 6.58 Å².